The normalized spacial score (nSPS) is 20.2. The summed E-state index contributed by atoms with van der Waals surface area (Å²) in [4.78, 5) is 23.2. The van der Waals surface area contributed by atoms with E-state index in [2.05, 4.69) is 20.2 Å². The van der Waals surface area contributed by atoms with Gasteiger partial charge in [0.25, 0.3) is 5.91 Å². The molecule has 0 aromatic carbocycles. The Morgan fingerprint density at radius 1 is 1.36 bits per heavy atom. The summed E-state index contributed by atoms with van der Waals surface area (Å²) < 4.78 is 5.13. The van der Waals surface area contributed by atoms with Gasteiger partial charge in [-0.2, -0.15) is 0 Å². The first-order chi connectivity index (χ1) is 10.8. The zero-order chi connectivity index (χ0) is 14.9. The Bertz CT molecular complexity index is 683. The number of carbonyl (C=O) groups excluding carboxylic acids is 1. The lowest BCUT2D eigenvalue weighted by molar-refractivity contribution is 0.0912. The first kappa shape index (κ1) is 13.3. The predicted octanol–water partition coefficient (Wildman–Crippen LogP) is 1.57. The van der Waals surface area contributed by atoms with Crippen molar-refractivity contribution in [1.29, 1.82) is 0 Å². The van der Waals surface area contributed by atoms with Crippen LogP contribution in [-0.4, -0.2) is 35.0 Å². The van der Waals surface area contributed by atoms with Crippen molar-refractivity contribution < 1.29 is 9.21 Å². The number of nitrogens with zero attached hydrogens (tertiary/aromatic N) is 3. The average Bonchev–Trinajstić information content (AvgIpc) is 3.27. The molecule has 0 radical (unpaired) electrons. The van der Waals surface area contributed by atoms with E-state index in [-0.39, 0.29) is 11.9 Å². The minimum atomic E-state index is -0.148. The molecule has 0 bridgehead atoms. The Morgan fingerprint density at radius 3 is 3.18 bits per heavy atom. The minimum Gasteiger partial charge on any atom is -0.459 e. The molecule has 2 aromatic heterocycles. The lowest BCUT2D eigenvalue weighted by atomic mass is 10.2. The smallest absolute Gasteiger partial charge is 0.287 e. The maximum Gasteiger partial charge on any atom is 0.287 e. The van der Waals surface area contributed by atoms with Crippen LogP contribution in [0.1, 0.15) is 34.7 Å². The van der Waals surface area contributed by atoms with E-state index in [1.165, 1.54) is 17.5 Å². The fraction of sp³-hybridized carbons (Fsp3) is 0.438. The van der Waals surface area contributed by atoms with E-state index in [0.717, 1.165) is 44.6 Å². The van der Waals surface area contributed by atoms with Crippen LogP contribution in [-0.2, 0) is 12.8 Å². The highest BCUT2D eigenvalue weighted by Crippen LogP contribution is 2.29. The molecule has 6 heteroatoms. The van der Waals surface area contributed by atoms with Gasteiger partial charge in [0.05, 0.1) is 6.26 Å². The van der Waals surface area contributed by atoms with Gasteiger partial charge in [0.2, 0.25) is 0 Å². The van der Waals surface area contributed by atoms with Gasteiger partial charge >= 0.3 is 0 Å². The second-order valence-electron chi connectivity index (χ2n) is 5.86. The quantitative estimate of drug-likeness (QED) is 0.931. The molecule has 114 valence electrons. The highest BCUT2D eigenvalue weighted by atomic mass is 16.3. The van der Waals surface area contributed by atoms with Crippen LogP contribution in [0.4, 0.5) is 5.82 Å². The van der Waals surface area contributed by atoms with Gasteiger partial charge in [-0.25, -0.2) is 9.97 Å². The molecule has 0 saturated carbocycles. The highest BCUT2D eigenvalue weighted by Gasteiger charge is 2.29. The fourth-order valence-corrected chi connectivity index (χ4v) is 3.35. The number of hydrogen-bond donors (Lipinski definition) is 1. The number of carbonyl (C=O) groups is 1. The molecule has 0 spiro atoms. The Kier molecular flexibility index (Phi) is 3.29. The highest BCUT2D eigenvalue weighted by molar-refractivity contribution is 5.91. The first-order valence-electron chi connectivity index (χ1n) is 7.73. The standard InChI is InChI=1S/C16H18N4O2/c21-16(14-5-2-8-22-14)19-11-6-7-20(9-11)15-12-3-1-4-13(12)17-10-18-15/h2,5,8,10-11H,1,3-4,6-7,9H2,(H,19,21). The van der Waals surface area contributed by atoms with Gasteiger partial charge in [-0.15, -0.1) is 0 Å². The van der Waals surface area contributed by atoms with Crippen molar-refractivity contribution in [3.8, 4) is 0 Å². The molecule has 2 aromatic rings. The molecule has 1 atom stereocenters. The fourth-order valence-electron chi connectivity index (χ4n) is 3.35. The Hall–Kier alpha value is -2.37. The number of anilines is 1. The van der Waals surface area contributed by atoms with E-state index < -0.39 is 0 Å². The molecular weight excluding hydrogens is 280 g/mol. The Labute approximate surface area is 128 Å². The third-order valence-electron chi connectivity index (χ3n) is 4.42. The number of rotatable bonds is 3. The van der Waals surface area contributed by atoms with E-state index in [0.29, 0.717) is 5.76 Å². The van der Waals surface area contributed by atoms with Crippen LogP contribution in [0.5, 0.6) is 0 Å². The number of aryl methyl sites for hydroxylation is 1. The number of furan rings is 1. The zero-order valence-corrected chi connectivity index (χ0v) is 12.3. The third-order valence-corrected chi connectivity index (χ3v) is 4.42. The minimum absolute atomic E-state index is 0.129. The van der Waals surface area contributed by atoms with E-state index in [4.69, 9.17) is 4.42 Å². The summed E-state index contributed by atoms with van der Waals surface area (Å²) in [6.07, 6.45) is 7.37. The summed E-state index contributed by atoms with van der Waals surface area (Å²) in [5.74, 6) is 1.27. The summed E-state index contributed by atoms with van der Waals surface area (Å²) >= 11 is 0. The second-order valence-corrected chi connectivity index (χ2v) is 5.86. The monoisotopic (exact) mass is 298 g/mol. The van der Waals surface area contributed by atoms with Gasteiger partial charge in [0, 0.05) is 30.4 Å². The molecule has 1 aliphatic heterocycles. The Balaban J connectivity index is 1.45. The van der Waals surface area contributed by atoms with Gasteiger partial charge in [-0.05, 0) is 37.8 Å². The number of fused-ring (bicyclic) bond motifs is 1. The van der Waals surface area contributed by atoms with Gasteiger partial charge in [0.1, 0.15) is 12.1 Å². The molecule has 1 aliphatic carbocycles. The molecule has 22 heavy (non-hydrogen) atoms. The van der Waals surface area contributed by atoms with Crippen LogP contribution in [0.2, 0.25) is 0 Å². The van der Waals surface area contributed by atoms with Crippen molar-refractivity contribution in [3.05, 3.63) is 41.7 Å². The summed E-state index contributed by atoms with van der Waals surface area (Å²) in [6, 6.07) is 3.53. The summed E-state index contributed by atoms with van der Waals surface area (Å²) in [7, 11) is 0. The predicted molar refractivity (Wildman–Crippen MR) is 80.8 cm³/mol. The van der Waals surface area contributed by atoms with Gasteiger partial charge in [-0.3, -0.25) is 4.79 Å². The van der Waals surface area contributed by atoms with Crippen molar-refractivity contribution in [2.24, 2.45) is 0 Å². The van der Waals surface area contributed by atoms with Gasteiger partial charge in [0.15, 0.2) is 5.76 Å². The van der Waals surface area contributed by atoms with Crippen molar-refractivity contribution in [1.82, 2.24) is 15.3 Å². The largest absolute Gasteiger partial charge is 0.459 e. The van der Waals surface area contributed by atoms with Crippen molar-refractivity contribution in [3.63, 3.8) is 0 Å². The molecular formula is C16H18N4O2. The van der Waals surface area contributed by atoms with E-state index in [1.54, 1.807) is 18.5 Å². The topological polar surface area (TPSA) is 71.3 Å². The van der Waals surface area contributed by atoms with Crippen LogP contribution < -0.4 is 10.2 Å². The molecule has 6 nitrogen and oxygen atoms in total. The first-order valence-corrected chi connectivity index (χ1v) is 7.73. The molecule has 1 saturated heterocycles. The number of aromatic nitrogens is 2. The molecule has 1 fully saturated rings. The van der Waals surface area contributed by atoms with Crippen molar-refractivity contribution in [2.75, 3.05) is 18.0 Å². The van der Waals surface area contributed by atoms with Crippen molar-refractivity contribution >= 4 is 11.7 Å². The maximum atomic E-state index is 12.0. The Morgan fingerprint density at radius 2 is 2.32 bits per heavy atom. The van der Waals surface area contributed by atoms with Crippen LogP contribution in [0, 0.1) is 0 Å². The molecule has 1 N–H and O–H groups in total. The van der Waals surface area contributed by atoms with E-state index in [1.807, 2.05) is 0 Å². The molecule has 1 unspecified atom stereocenters. The molecule has 3 heterocycles. The van der Waals surface area contributed by atoms with E-state index in [9.17, 15) is 4.79 Å². The van der Waals surface area contributed by atoms with Crippen LogP contribution in [0.3, 0.4) is 0 Å². The molecule has 4 rings (SSSR count). The van der Waals surface area contributed by atoms with Crippen molar-refractivity contribution in [2.45, 2.75) is 31.7 Å². The van der Waals surface area contributed by atoms with Crippen LogP contribution in [0.15, 0.2) is 29.1 Å². The molecule has 2 aliphatic rings. The lowest BCUT2D eigenvalue weighted by Crippen LogP contribution is -2.37. The number of nitrogens with one attached hydrogen (secondary N) is 1. The van der Waals surface area contributed by atoms with Gasteiger partial charge < -0.3 is 14.6 Å². The molecule has 1 amide bonds. The van der Waals surface area contributed by atoms with Crippen LogP contribution >= 0.6 is 0 Å². The summed E-state index contributed by atoms with van der Waals surface area (Å²) in [5.41, 5.74) is 2.48. The number of amides is 1. The SMILES string of the molecule is O=C(NC1CCN(c2ncnc3c2CCC3)C1)c1ccco1. The van der Waals surface area contributed by atoms with E-state index >= 15 is 0 Å². The zero-order valence-electron chi connectivity index (χ0n) is 12.3. The maximum absolute atomic E-state index is 12.0. The average molecular weight is 298 g/mol. The summed E-state index contributed by atoms with van der Waals surface area (Å²) in [6.45, 7) is 1.70. The third kappa shape index (κ3) is 2.34. The van der Waals surface area contributed by atoms with Crippen LogP contribution in [0.25, 0.3) is 0 Å². The summed E-state index contributed by atoms with van der Waals surface area (Å²) in [5, 5.41) is 3.03. The second kappa shape index (κ2) is 5.44. The van der Waals surface area contributed by atoms with Gasteiger partial charge in [-0.1, -0.05) is 0 Å². The number of hydrogen-bond acceptors (Lipinski definition) is 5. The lowest BCUT2D eigenvalue weighted by Gasteiger charge is -2.20.